The molecule has 1 aliphatic carbocycles. The lowest BCUT2D eigenvalue weighted by atomic mass is 9.80. The lowest BCUT2D eigenvalue weighted by Crippen LogP contribution is -2.53. The van der Waals surface area contributed by atoms with Crippen LogP contribution in [0, 0.1) is 0 Å². The predicted molar refractivity (Wildman–Crippen MR) is 70.8 cm³/mol. The Bertz CT molecular complexity index is 247. The highest BCUT2D eigenvalue weighted by Gasteiger charge is 2.34. The van der Waals surface area contributed by atoms with E-state index in [1.165, 1.54) is 32.1 Å². The summed E-state index contributed by atoms with van der Waals surface area (Å²) < 4.78 is 0. The van der Waals surface area contributed by atoms with E-state index in [2.05, 4.69) is 11.9 Å². The van der Waals surface area contributed by atoms with Crippen LogP contribution in [0.2, 0.25) is 0 Å². The molecule has 4 heteroatoms. The average molecular weight is 241 g/mol. The van der Waals surface area contributed by atoms with E-state index >= 15 is 0 Å². The Balaban J connectivity index is 2.48. The van der Waals surface area contributed by atoms with Crippen molar-refractivity contribution in [3.8, 4) is 0 Å². The number of nitrogens with zero attached hydrogens (tertiary/aromatic N) is 2. The fourth-order valence-electron chi connectivity index (χ4n) is 2.68. The fourth-order valence-corrected chi connectivity index (χ4v) is 2.68. The molecule has 0 atom stereocenters. The molecule has 0 saturated heterocycles. The van der Waals surface area contributed by atoms with Gasteiger partial charge in [0.05, 0.1) is 0 Å². The van der Waals surface area contributed by atoms with Gasteiger partial charge in [-0.1, -0.05) is 19.3 Å². The molecule has 0 unspecified atom stereocenters. The van der Waals surface area contributed by atoms with Gasteiger partial charge in [-0.3, -0.25) is 9.69 Å². The SMILES string of the molecule is CN(C)C(=O)CCN(C)C1(CN)CCCCC1. The number of nitrogens with two attached hydrogens (primary N) is 1. The van der Waals surface area contributed by atoms with Crippen molar-refractivity contribution in [3.63, 3.8) is 0 Å². The van der Waals surface area contributed by atoms with Gasteiger partial charge in [-0.05, 0) is 19.9 Å². The molecule has 17 heavy (non-hydrogen) atoms. The highest BCUT2D eigenvalue weighted by molar-refractivity contribution is 5.75. The first-order valence-electron chi connectivity index (χ1n) is 6.63. The number of amides is 1. The second kappa shape index (κ2) is 6.36. The zero-order chi connectivity index (χ0) is 12.9. The van der Waals surface area contributed by atoms with E-state index in [4.69, 9.17) is 5.73 Å². The smallest absolute Gasteiger partial charge is 0.223 e. The molecule has 0 aromatic heterocycles. The quantitative estimate of drug-likeness (QED) is 0.783. The topological polar surface area (TPSA) is 49.6 Å². The van der Waals surface area contributed by atoms with Crippen LogP contribution in [0.5, 0.6) is 0 Å². The van der Waals surface area contributed by atoms with E-state index in [9.17, 15) is 4.79 Å². The lowest BCUT2D eigenvalue weighted by molar-refractivity contribution is -0.129. The van der Waals surface area contributed by atoms with Crippen LogP contribution in [0.15, 0.2) is 0 Å². The molecular weight excluding hydrogens is 214 g/mol. The minimum Gasteiger partial charge on any atom is -0.349 e. The Morgan fingerprint density at radius 1 is 1.18 bits per heavy atom. The maximum absolute atomic E-state index is 11.6. The summed E-state index contributed by atoms with van der Waals surface area (Å²) in [6.07, 6.45) is 6.80. The fraction of sp³-hybridized carbons (Fsp3) is 0.923. The Kier molecular flexibility index (Phi) is 5.40. The third-order valence-corrected chi connectivity index (χ3v) is 4.13. The molecule has 1 aliphatic rings. The van der Waals surface area contributed by atoms with Crippen molar-refractivity contribution in [1.82, 2.24) is 9.80 Å². The minimum absolute atomic E-state index is 0.144. The van der Waals surface area contributed by atoms with Crippen molar-refractivity contribution in [3.05, 3.63) is 0 Å². The van der Waals surface area contributed by atoms with Crippen LogP contribution in [-0.4, -0.2) is 55.5 Å². The van der Waals surface area contributed by atoms with Crippen molar-refractivity contribution in [2.75, 3.05) is 34.2 Å². The molecule has 1 saturated carbocycles. The summed E-state index contributed by atoms with van der Waals surface area (Å²) in [7, 11) is 5.73. The van der Waals surface area contributed by atoms with Crippen molar-refractivity contribution >= 4 is 5.91 Å². The number of hydrogen-bond acceptors (Lipinski definition) is 3. The Labute approximate surface area is 105 Å². The van der Waals surface area contributed by atoms with Gasteiger partial charge in [0.1, 0.15) is 0 Å². The van der Waals surface area contributed by atoms with Crippen molar-refractivity contribution in [2.45, 2.75) is 44.1 Å². The monoisotopic (exact) mass is 241 g/mol. The highest BCUT2D eigenvalue weighted by atomic mass is 16.2. The predicted octanol–water partition coefficient (Wildman–Crippen LogP) is 1.06. The molecule has 0 aliphatic heterocycles. The van der Waals surface area contributed by atoms with Crippen molar-refractivity contribution < 1.29 is 4.79 Å². The summed E-state index contributed by atoms with van der Waals surface area (Å²) in [5.74, 6) is 0.194. The van der Waals surface area contributed by atoms with Gasteiger partial charge in [-0.25, -0.2) is 0 Å². The molecule has 0 aromatic carbocycles. The van der Waals surface area contributed by atoms with E-state index in [-0.39, 0.29) is 11.4 Å². The van der Waals surface area contributed by atoms with E-state index < -0.39 is 0 Å². The van der Waals surface area contributed by atoms with Gasteiger partial charge in [0.15, 0.2) is 0 Å². The van der Waals surface area contributed by atoms with Gasteiger partial charge in [0, 0.05) is 39.1 Å². The van der Waals surface area contributed by atoms with Crippen LogP contribution < -0.4 is 5.73 Å². The molecule has 2 N–H and O–H groups in total. The van der Waals surface area contributed by atoms with Crippen LogP contribution in [0.1, 0.15) is 38.5 Å². The zero-order valence-electron chi connectivity index (χ0n) is 11.5. The minimum atomic E-state index is 0.144. The second-order valence-corrected chi connectivity index (χ2v) is 5.45. The molecule has 0 radical (unpaired) electrons. The van der Waals surface area contributed by atoms with Crippen LogP contribution in [0.3, 0.4) is 0 Å². The van der Waals surface area contributed by atoms with E-state index in [0.717, 1.165) is 6.54 Å². The lowest BCUT2D eigenvalue weighted by Gasteiger charge is -2.44. The molecular formula is C13H27N3O. The third-order valence-electron chi connectivity index (χ3n) is 4.13. The Hall–Kier alpha value is -0.610. The van der Waals surface area contributed by atoms with E-state index in [1.54, 1.807) is 4.90 Å². The zero-order valence-corrected chi connectivity index (χ0v) is 11.5. The van der Waals surface area contributed by atoms with Crippen LogP contribution in [0.25, 0.3) is 0 Å². The summed E-state index contributed by atoms with van der Waals surface area (Å²) in [6, 6.07) is 0. The number of rotatable bonds is 5. The van der Waals surface area contributed by atoms with Gasteiger partial charge in [0.25, 0.3) is 0 Å². The van der Waals surface area contributed by atoms with Gasteiger partial charge < -0.3 is 10.6 Å². The van der Waals surface area contributed by atoms with Crippen LogP contribution >= 0.6 is 0 Å². The van der Waals surface area contributed by atoms with E-state index in [1.807, 2.05) is 14.1 Å². The molecule has 0 bridgehead atoms. The number of carbonyl (C=O) groups excluding carboxylic acids is 1. The number of carbonyl (C=O) groups is 1. The molecule has 0 heterocycles. The summed E-state index contributed by atoms with van der Waals surface area (Å²) in [4.78, 5) is 15.6. The van der Waals surface area contributed by atoms with Gasteiger partial charge in [-0.2, -0.15) is 0 Å². The summed E-state index contributed by atoms with van der Waals surface area (Å²) in [5.41, 5.74) is 6.11. The van der Waals surface area contributed by atoms with Crippen LogP contribution in [-0.2, 0) is 4.79 Å². The van der Waals surface area contributed by atoms with Gasteiger partial charge in [0.2, 0.25) is 5.91 Å². The molecule has 1 amide bonds. The first kappa shape index (κ1) is 14.5. The molecule has 0 spiro atoms. The third kappa shape index (κ3) is 3.68. The summed E-state index contributed by atoms with van der Waals surface area (Å²) in [5, 5.41) is 0. The Morgan fingerprint density at radius 2 is 1.76 bits per heavy atom. The Morgan fingerprint density at radius 3 is 2.24 bits per heavy atom. The maximum Gasteiger partial charge on any atom is 0.223 e. The number of likely N-dealkylation sites (N-methyl/N-ethyl adjacent to an activating group) is 1. The second-order valence-electron chi connectivity index (χ2n) is 5.45. The summed E-state index contributed by atoms with van der Waals surface area (Å²) >= 11 is 0. The molecule has 4 nitrogen and oxygen atoms in total. The maximum atomic E-state index is 11.6. The standard InChI is InChI=1S/C13H27N3O/c1-15(2)12(17)7-10-16(3)13(11-14)8-5-4-6-9-13/h4-11,14H2,1-3H3. The van der Waals surface area contributed by atoms with E-state index in [0.29, 0.717) is 13.0 Å². The molecule has 1 fully saturated rings. The summed E-state index contributed by atoms with van der Waals surface area (Å²) in [6.45, 7) is 1.52. The molecule has 0 aromatic rings. The normalized spacial score (nSPS) is 19.4. The first-order valence-corrected chi connectivity index (χ1v) is 6.63. The highest BCUT2D eigenvalue weighted by Crippen LogP contribution is 2.32. The number of hydrogen-bond donors (Lipinski definition) is 1. The van der Waals surface area contributed by atoms with Crippen molar-refractivity contribution in [1.29, 1.82) is 0 Å². The average Bonchev–Trinajstić information content (AvgIpc) is 2.36. The first-order chi connectivity index (χ1) is 8.02. The largest absolute Gasteiger partial charge is 0.349 e. The van der Waals surface area contributed by atoms with Crippen molar-refractivity contribution in [2.24, 2.45) is 5.73 Å². The molecule has 100 valence electrons. The van der Waals surface area contributed by atoms with Crippen LogP contribution in [0.4, 0.5) is 0 Å². The molecule has 1 rings (SSSR count). The van der Waals surface area contributed by atoms with Gasteiger partial charge >= 0.3 is 0 Å². The van der Waals surface area contributed by atoms with Gasteiger partial charge in [-0.15, -0.1) is 0 Å².